The van der Waals surface area contributed by atoms with Crippen LogP contribution in [-0.4, -0.2) is 74.3 Å². The second kappa shape index (κ2) is 11.6. The van der Waals surface area contributed by atoms with Crippen molar-refractivity contribution in [3.05, 3.63) is 0 Å². The van der Waals surface area contributed by atoms with Gasteiger partial charge >= 0.3 is 12.1 Å². The van der Waals surface area contributed by atoms with Gasteiger partial charge in [-0.15, -0.1) is 0 Å². The zero-order chi connectivity index (χ0) is 24.6. The second-order valence-corrected chi connectivity index (χ2v) is 11.1. The Morgan fingerprint density at radius 3 is 1.60 bits per heavy atom. The van der Waals surface area contributed by atoms with Crippen LogP contribution in [0.1, 0.15) is 39.5 Å². The molecule has 0 fully saturated rings. The van der Waals surface area contributed by atoms with Crippen molar-refractivity contribution in [2.24, 2.45) is 11.5 Å². The summed E-state index contributed by atoms with van der Waals surface area (Å²) >= 11 is 0. The summed E-state index contributed by atoms with van der Waals surface area (Å²) in [5.74, 6) is -7.32. The maximum Gasteiger partial charge on any atom is 0.490 e. The third kappa shape index (κ3) is 10.9. The van der Waals surface area contributed by atoms with E-state index in [0.717, 1.165) is 6.26 Å². The van der Waals surface area contributed by atoms with Crippen molar-refractivity contribution < 1.29 is 49.5 Å². The smallest absolute Gasteiger partial charge is 0.475 e. The predicted octanol–water partition coefficient (Wildman–Crippen LogP) is -0.200. The Kier molecular flexibility index (Phi) is 11.8. The number of ketones is 1. The van der Waals surface area contributed by atoms with Crippen molar-refractivity contribution in [2.45, 2.75) is 56.5 Å². The molecule has 0 aromatic rings. The highest BCUT2D eigenvalue weighted by molar-refractivity contribution is 7.92. The fourth-order valence-corrected chi connectivity index (χ4v) is 5.34. The molecule has 0 rings (SSSR count). The van der Waals surface area contributed by atoms with Gasteiger partial charge in [0.2, 0.25) is 5.91 Å². The summed E-state index contributed by atoms with van der Waals surface area (Å²) in [6, 6.07) is 0. The summed E-state index contributed by atoms with van der Waals surface area (Å²) in [7, 11) is -7.66. The number of nitrogens with two attached hydrogens (primary N) is 2. The molecule has 0 radical (unpaired) electrons. The highest BCUT2D eigenvalue weighted by Crippen LogP contribution is 2.20. The molecule has 0 aliphatic rings. The van der Waals surface area contributed by atoms with E-state index in [1.54, 1.807) is 0 Å². The fraction of sp³-hybridized carbons (Fsp3) is 0.800. The van der Waals surface area contributed by atoms with Gasteiger partial charge in [0, 0.05) is 6.26 Å². The topological polar surface area (TPSA) is 192 Å². The lowest BCUT2D eigenvalue weighted by molar-refractivity contribution is -0.192. The maximum atomic E-state index is 12.5. The number of carboxylic acids is 1. The number of alkyl halides is 3. The molecule has 0 aromatic heterocycles. The highest BCUT2D eigenvalue weighted by atomic mass is 32.2. The molecule has 0 spiro atoms. The lowest BCUT2D eigenvalue weighted by atomic mass is 9.98. The zero-order valence-corrected chi connectivity index (χ0v) is 18.4. The number of primary amides is 1. The normalized spacial score (nSPS) is 14.4. The van der Waals surface area contributed by atoms with Crippen LogP contribution < -0.4 is 11.5 Å². The lowest BCUT2D eigenvalue weighted by Gasteiger charge is -2.26. The molecule has 0 aliphatic heterocycles. The van der Waals surface area contributed by atoms with Gasteiger partial charge in [-0.25, -0.2) is 21.6 Å². The average molecular weight is 485 g/mol. The van der Waals surface area contributed by atoms with E-state index in [-0.39, 0.29) is 0 Å². The van der Waals surface area contributed by atoms with E-state index in [4.69, 9.17) is 21.4 Å². The Morgan fingerprint density at radius 2 is 1.37 bits per heavy atom. The standard InChI is InChI=1S/C13H26N2O6S2.C2HF3O2/c1-4-6-10(7-5-2)23(20,21)9-13(15,12(14)17)11(16)8-22(3,18)19;3-2(4,5)1(6)7/h10H,4-9,15H2,1-3H3,(H2,14,17);(H,6,7)/t13-;/m1./s1. The van der Waals surface area contributed by atoms with Gasteiger partial charge in [0.15, 0.2) is 31.0 Å². The molecule has 0 saturated heterocycles. The number of halogens is 3. The minimum atomic E-state index is -5.08. The fourth-order valence-electron chi connectivity index (χ4n) is 2.24. The first-order chi connectivity index (χ1) is 13.2. The first-order valence-corrected chi connectivity index (χ1v) is 12.3. The van der Waals surface area contributed by atoms with Crippen molar-refractivity contribution in [1.29, 1.82) is 0 Å². The number of carbonyl (C=O) groups is 3. The van der Waals surface area contributed by atoms with Crippen LogP contribution in [0.4, 0.5) is 13.2 Å². The molecular weight excluding hydrogens is 457 g/mol. The highest BCUT2D eigenvalue weighted by Gasteiger charge is 2.46. The third-order valence-electron chi connectivity index (χ3n) is 3.73. The Balaban J connectivity index is 0. The maximum absolute atomic E-state index is 12.5. The number of hydrogen-bond donors (Lipinski definition) is 3. The molecule has 0 aromatic carbocycles. The number of rotatable bonds is 11. The largest absolute Gasteiger partial charge is 0.490 e. The molecule has 1 atom stereocenters. The Bertz CT molecular complexity index is 819. The van der Waals surface area contributed by atoms with Crippen LogP contribution in [0, 0.1) is 0 Å². The summed E-state index contributed by atoms with van der Waals surface area (Å²) in [5, 5.41) is 6.38. The zero-order valence-electron chi connectivity index (χ0n) is 16.7. The van der Waals surface area contributed by atoms with Crippen LogP contribution in [0.25, 0.3) is 0 Å². The Labute approximate surface area is 173 Å². The number of amides is 1. The quantitative estimate of drug-likeness (QED) is 0.333. The van der Waals surface area contributed by atoms with Crippen LogP contribution in [-0.2, 0) is 34.1 Å². The summed E-state index contributed by atoms with van der Waals surface area (Å²) < 4.78 is 79.2. The van der Waals surface area contributed by atoms with Gasteiger partial charge in [-0.05, 0) is 12.8 Å². The molecule has 10 nitrogen and oxygen atoms in total. The monoisotopic (exact) mass is 484 g/mol. The SMILES string of the molecule is CCCC(CCC)S(=O)(=O)C[C@](N)(C(N)=O)C(=O)CS(C)(=O)=O.O=C(O)C(F)(F)F. The van der Waals surface area contributed by atoms with Crippen molar-refractivity contribution >= 4 is 37.3 Å². The van der Waals surface area contributed by atoms with E-state index in [1.165, 1.54) is 0 Å². The molecule has 0 heterocycles. The molecular formula is C15H27F3N2O8S2. The molecule has 0 aliphatic carbocycles. The van der Waals surface area contributed by atoms with Crippen LogP contribution in [0.3, 0.4) is 0 Å². The van der Waals surface area contributed by atoms with Gasteiger partial charge in [-0.2, -0.15) is 13.2 Å². The molecule has 15 heteroatoms. The number of hydrogen-bond acceptors (Lipinski definition) is 8. The summed E-state index contributed by atoms with van der Waals surface area (Å²) in [5.41, 5.74) is 8.20. The van der Waals surface area contributed by atoms with Crippen LogP contribution in [0.15, 0.2) is 0 Å². The number of sulfone groups is 2. The van der Waals surface area contributed by atoms with Crippen LogP contribution >= 0.6 is 0 Å². The van der Waals surface area contributed by atoms with Crippen molar-refractivity contribution in [2.75, 3.05) is 17.8 Å². The molecule has 178 valence electrons. The molecule has 1 amide bonds. The predicted molar refractivity (Wildman–Crippen MR) is 102 cm³/mol. The van der Waals surface area contributed by atoms with Crippen LogP contribution in [0.5, 0.6) is 0 Å². The van der Waals surface area contributed by atoms with Gasteiger partial charge < -0.3 is 16.6 Å². The van der Waals surface area contributed by atoms with Gasteiger partial charge in [-0.1, -0.05) is 26.7 Å². The first-order valence-electron chi connectivity index (χ1n) is 8.56. The molecule has 0 saturated carbocycles. The van der Waals surface area contributed by atoms with E-state index >= 15 is 0 Å². The van der Waals surface area contributed by atoms with Crippen molar-refractivity contribution in [1.82, 2.24) is 0 Å². The second-order valence-electron chi connectivity index (χ2n) is 6.64. The van der Waals surface area contributed by atoms with Crippen molar-refractivity contribution in [3.63, 3.8) is 0 Å². The Morgan fingerprint density at radius 1 is 1.00 bits per heavy atom. The molecule has 0 unspecified atom stereocenters. The summed E-state index contributed by atoms with van der Waals surface area (Å²) in [4.78, 5) is 32.5. The molecule has 30 heavy (non-hydrogen) atoms. The van der Waals surface area contributed by atoms with E-state index in [2.05, 4.69) is 0 Å². The van der Waals surface area contributed by atoms with E-state index in [1.807, 2.05) is 13.8 Å². The summed E-state index contributed by atoms with van der Waals surface area (Å²) in [6.45, 7) is 3.63. The van der Waals surface area contributed by atoms with Gasteiger partial charge in [0.05, 0.1) is 11.0 Å². The third-order valence-corrected chi connectivity index (χ3v) is 6.86. The van der Waals surface area contributed by atoms with Crippen LogP contribution in [0.2, 0.25) is 0 Å². The first kappa shape index (κ1) is 30.5. The number of carboxylic acid groups (broad SMARTS) is 1. The number of aliphatic carboxylic acids is 1. The van der Waals surface area contributed by atoms with E-state index in [9.17, 15) is 39.6 Å². The summed E-state index contributed by atoms with van der Waals surface area (Å²) in [6.07, 6.45) is -2.35. The van der Waals surface area contributed by atoms with Gasteiger partial charge in [0.25, 0.3) is 0 Å². The molecule has 0 bridgehead atoms. The molecule has 5 N–H and O–H groups in total. The Hall–Kier alpha value is -1.74. The van der Waals surface area contributed by atoms with Crippen molar-refractivity contribution in [3.8, 4) is 0 Å². The van der Waals surface area contributed by atoms with Gasteiger partial charge in [-0.3, -0.25) is 9.59 Å². The lowest BCUT2D eigenvalue weighted by Crippen LogP contribution is -2.64. The van der Waals surface area contributed by atoms with E-state index in [0.29, 0.717) is 25.7 Å². The number of carbonyl (C=O) groups excluding carboxylic acids is 2. The average Bonchev–Trinajstić information content (AvgIpc) is 2.52. The minimum Gasteiger partial charge on any atom is -0.475 e. The minimum absolute atomic E-state index is 0.366. The van der Waals surface area contributed by atoms with E-state index < -0.39 is 65.8 Å². The number of Topliss-reactive ketones (excluding diaryl/α,β-unsaturated/α-hetero) is 1. The van der Waals surface area contributed by atoms with Gasteiger partial charge in [0.1, 0.15) is 5.75 Å².